The molecule has 0 bridgehead atoms. The molecule has 0 saturated carbocycles. The molecule has 2 aromatic carbocycles. The summed E-state index contributed by atoms with van der Waals surface area (Å²) in [7, 11) is 0. The van der Waals surface area contributed by atoms with Gasteiger partial charge in [-0.25, -0.2) is 0 Å². The SMILES string of the molecule is CC(=O)Nc1cccc(NC(=O)CN2C(=O)C(C)Oc3ccc(C(C)=O)cc32)c1. The molecule has 8 heteroatoms. The van der Waals surface area contributed by atoms with Crippen molar-refractivity contribution in [3.05, 3.63) is 48.0 Å². The highest BCUT2D eigenvalue weighted by Crippen LogP contribution is 2.35. The molecule has 2 aromatic rings. The standard InChI is InChI=1S/C21H21N3O5/c1-12(25)15-7-8-19-18(9-15)24(21(28)13(2)29-19)11-20(27)23-17-6-4-5-16(10-17)22-14(3)26/h4-10,13H,11H2,1-3H3,(H,22,26)(H,23,27). The first-order valence-corrected chi connectivity index (χ1v) is 9.05. The Hall–Kier alpha value is -3.68. The Labute approximate surface area is 167 Å². The minimum atomic E-state index is -0.749. The molecule has 1 heterocycles. The van der Waals surface area contributed by atoms with Gasteiger partial charge in [0, 0.05) is 23.9 Å². The van der Waals surface area contributed by atoms with Crippen LogP contribution in [0, 0.1) is 0 Å². The summed E-state index contributed by atoms with van der Waals surface area (Å²) in [6.07, 6.45) is -0.749. The number of benzene rings is 2. The van der Waals surface area contributed by atoms with Gasteiger partial charge in [-0.2, -0.15) is 0 Å². The van der Waals surface area contributed by atoms with Crippen molar-refractivity contribution < 1.29 is 23.9 Å². The van der Waals surface area contributed by atoms with Crippen molar-refractivity contribution in [1.82, 2.24) is 0 Å². The van der Waals surface area contributed by atoms with Crippen molar-refractivity contribution in [3.63, 3.8) is 0 Å². The molecule has 1 unspecified atom stereocenters. The van der Waals surface area contributed by atoms with Gasteiger partial charge in [0.1, 0.15) is 12.3 Å². The van der Waals surface area contributed by atoms with Gasteiger partial charge in [0.2, 0.25) is 11.8 Å². The van der Waals surface area contributed by atoms with Crippen molar-refractivity contribution in [2.24, 2.45) is 0 Å². The van der Waals surface area contributed by atoms with Crippen LogP contribution in [0.25, 0.3) is 0 Å². The van der Waals surface area contributed by atoms with Gasteiger partial charge in [-0.05, 0) is 50.2 Å². The molecule has 29 heavy (non-hydrogen) atoms. The number of hydrogen-bond acceptors (Lipinski definition) is 5. The number of rotatable bonds is 5. The number of Topliss-reactive ketones (excluding diaryl/α,β-unsaturated/α-hetero) is 1. The zero-order valence-corrected chi connectivity index (χ0v) is 16.3. The number of fused-ring (bicyclic) bond motifs is 1. The minimum Gasteiger partial charge on any atom is -0.479 e. The number of carbonyl (C=O) groups excluding carboxylic acids is 4. The molecule has 0 fully saturated rings. The normalized spacial score (nSPS) is 15.2. The van der Waals surface area contributed by atoms with E-state index in [2.05, 4.69) is 10.6 Å². The van der Waals surface area contributed by atoms with Crippen LogP contribution in [0.3, 0.4) is 0 Å². The number of ether oxygens (including phenoxy) is 1. The first-order chi connectivity index (χ1) is 13.7. The molecule has 0 aromatic heterocycles. The molecule has 150 valence electrons. The molecular weight excluding hydrogens is 374 g/mol. The molecule has 8 nitrogen and oxygen atoms in total. The Morgan fingerprint density at radius 3 is 2.38 bits per heavy atom. The Kier molecular flexibility index (Phi) is 5.63. The van der Waals surface area contributed by atoms with Crippen LogP contribution in [-0.4, -0.2) is 36.2 Å². The van der Waals surface area contributed by atoms with E-state index in [1.807, 2.05) is 0 Å². The van der Waals surface area contributed by atoms with Gasteiger partial charge < -0.3 is 15.4 Å². The van der Waals surface area contributed by atoms with Crippen molar-refractivity contribution in [3.8, 4) is 5.75 Å². The largest absolute Gasteiger partial charge is 0.479 e. The quantitative estimate of drug-likeness (QED) is 0.757. The van der Waals surface area contributed by atoms with Crippen LogP contribution in [0.2, 0.25) is 0 Å². The molecule has 0 saturated heterocycles. The second-order valence-electron chi connectivity index (χ2n) is 6.73. The van der Waals surface area contributed by atoms with Crippen LogP contribution < -0.4 is 20.3 Å². The fourth-order valence-electron chi connectivity index (χ4n) is 3.01. The third kappa shape index (κ3) is 4.60. The summed E-state index contributed by atoms with van der Waals surface area (Å²) < 4.78 is 5.59. The fourth-order valence-corrected chi connectivity index (χ4v) is 3.01. The van der Waals surface area contributed by atoms with Crippen LogP contribution in [0.15, 0.2) is 42.5 Å². The van der Waals surface area contributed by atoms with Crippen LogP contribution >= 0.6 is 0 Å². The average Bonchev–Trinajstić information content (AvgIpc) is 2.64. The second-order valence-corrected chi connectivity index (χ2v) is 6.73. The van der Waals surface area contributed by atoms with Gasteiger partial charge in [-0.3, -0.25) is 24.1 Å². The van der Waals surface area contributed by atoms with Crippen LogP contribution in [0.5, 0.6) is 5.75 Å². The van der Waals surface area contributed by atoms with E-state index in [1.54, 1.807) is 49.4 Å². The molecule has 3 rings (SSSR count). The van der Waals surface area contributed by atoms with E-state index < -0.39 is 12.0 Å². The second kappa shape index (κ2) is 8.14. The molecule has 0 radical (unpaired) electrons. The number of carbonyl (C=O) groups is 4. The Balaban J connectivity index is 1.81. The van der Waals surface area contributed by atoms with Crippen LogP contribution in [0.1, 0.15) is 31.1 Å². The fraction of sp³-hybridized carbons (Fsp3) is 0.238. The topological polar surface area (TPSA) is 105 Å². The molecule has 1 aliphatic rings. The van der Waals surface area contributed by atoms with Crippen molar-refractivity contribution in [1.29, 1.82) is 0 Å². The number of hydrogen-bond donors (Lipinski definition) is 2. The molecule has 2 N–H and O–H groups in total. The van der Waals surface area contributed by atoms with Gasteiger partial charge in [0.25, 0.3) is 5.91 Å². The molecular formula is C21H21N3O5. The highest BCUT2D eigenvalue weighted by Gasteiger charge is 2.33. The predicted molar refractivity (Wildman–Crippen MR) is 108 cm³/mol. The van der Waals surface area contributed by atoms with E-state index in [-0.39, 0.29) is 24.1 Å². The first kappa shape index (κ1) is 20.1. The summed E-state index contributed by atoms with van der Waals surface area (Å²) in [5, 5.41) is 5.35. The van der Waals surface area contributed by atoms with Gasteiger partial charge in [-0.15, -0.1) is 0 Å². The van der Waals surface area contributed by atoms with Crippen molar-refractivity contribution in [2.75, 3.05) is 22.1 Å². The van der Waals surface area contributed by atoms with Crippen molar-refractivity contribution >= 4 is 40.6 Å². The van der Waals surface area contributed by atoms with Gasteiger partial charge in [0.15, 0.2) is 11.9 Å². The molecule has 0 spiro atoms. The lowest BCUT2D eigenvalue weighted by atomic mass is 10.1. The van der Waals surface area contributed by atoms with Crippen LogP contribution in [0.4, 0.5) is 17.1 Å². The summed E-state index contributed by atoms with van der Waals surface area (Å²) in [5.41, 5.74) is 1.82. The highest BCUT2D eigenvalue weighted by molar-refractivity contribution is 6.07. The average molecular weight is 395 g/mol. The molecule has 1 aliphatic heterocycles. The van der Waals surface area contributed by atoms with Gasteiger partial charge in [0.05, 0.1) is 5.69 Å². The first-order valence-electron chi connectivity index (χ1n) is 9.05. The number of ketones is 1. The Bertz CT molecular complexity index is 1000. The maximum absolute atomic E-state index is 12.6. The smallest absolute Gasteiger partial charge is 0.268 e. The monoisotopic (exact) mass is 395 g/mol. The maximum Gasteiger partial charge on any atom is 0.268 e. The summed E-state index contributed by atoms with van der Waals surface area (Å²) in [5.74, 6) is -0.744. The molecule has 3 amide bonds. The van der Waals surface area contributed by atoms with Crippen LogP contribution in [-0.2, 0) is 14.4 Å². The highest BCUT2D eigenvalue weighted by atomic mass is 16.5. The van der Waals surface area contributed by atoms with Gasteiger partial charge in [-0.1, -0.05) is 6.07 Å². The number of nitrogens with one attached hydrogen (secondary N) is 2. The van der Waals surface area contributed by atoms with E-state index in [0.29, 0.717) is 28.4 Å². The zero-order chi connectivity index (χ0) is 21.1. The molecule has 1 atom stereocenters. The molecule has 0 aliphatic carbocycles. The predicted octanol–water partition coefficient (Wildman–Crippen LogP) is 2.60. The maximum atomic E-state index is 12.6. The third-order valence-electron chi connectivity index (χ3n) is 4.34. The van der Waals surface area contributed by atoms with E-state index in [1.165, 1.54) is 18.7 Å². The number of anilines is 3. The lowest BCUT2D eigenvalue weighted by molar-refractivity contribution is -0.127. The van der Waals surface area contributed by atoms with Crippen molar-refractivity contribution in [2.45, 2.75) is 26.9 Å². The van der Waals surface area contributed by atoms with E-state index in [0.717, 1.165) is 0 Å². The zero-order valence-electron chi connectivity index (χ0n) is 16.3. The Morgan fingerprint density at radius 2 is 1.72 bits per heavy atom. The Morgan fingerprint density at radius 1 is 1.03 bits per heavy atom. The van der Waals surface area contributed by atoms with E-state index in [4.69, 9.17) is 4.74 Å². The number of amides is 3. The van der Waals surface area contributed by atoms with E-state index >= 15 is 0 Å². The third-order valence-corrected chi connectivity index (χ3v) is 4.34. The summed E-state index contributed by atoms with van der Waals surface area (Å²) >= 11 is 0. The lowest BCUT2D eigenvalue weighted by Gasteiger charge is -2.32. The summed E-state index contributed by atoms with van der Waals surface area (Å²) in [6, 6.07) is 11.5. The van der Waals surface area contributed by atoms with Gasteiger partial charge >= 0.3 is 0 Å². The van der Waals surface area contributed by atoms with E-state index in [9.17, 15) is 19.2 Å². The minimum absolute atomic E-state index is 0.155. The summed E-state index contributed by atoms with van der Waals surface area (Å²) in [4.78, 5) is 49.4. The summed E-state index contributed by atoms with van der Waals surface area (Å²) in [6.45, 7) is 4.18. The lowest BCUT2D eigenvalue weighted by Crippen LogP contribution is -2.47. The number of nitrogens with zero attached hydrogens (tertiary/aromatic N) is 1.